The van der Waals surface area contributed by atoms with Gasteiger partial charge in [0.2, 0.25) is 11.8 Å². The van der Waals surface area contributed by atoms with E-state index in [1.165, 1.54) is 4.90 Å². The SMILES string of the molecule is O=C1C[C@@H]2c3ccccc3[C@@H]1[C@@H]1C(=O)N(c3ccc(N=Nc4ccccc4)cc3)C(=O)[C@H]12. The first kappa shape index (κ1) is 18.8. The summed E-state index contributed by atoms with van der Waals surface area (Å²) in [5.74, 6) is -2.27. The van der Waals surface area contributed by atoms with Gasteiger partial charge in [0.15, 0.2) is 0 Å². The fourth-order valence-corrected chi connectivity index (χ4v) is 5.49. The van der Waals surface area contributed by atoms with Crippen molar-refractivity contribution in [3.8, 4) is 0 Å². The molecule has 4 aliphatic rings. The number of imide groups is 1. The van der Waals surface area contributed by atoms with E-state index in [2.05, 4.69) is 10.2 Å². The summed E-state index contributed by atoms with van der Waals surface area (Å²) in [6, 6.07) is 24.0. The van der Waals surface area contributed by atoms with Crippen LogP contribution < -0.4 is 4.90 Å². The van der Waals surface area contributed by atoms with Gasteiger partial charge in [0, 0.05) is 12.3 Å². The minimum Gasteiger partial charge on any atom is -0.299 e. The van der Waals surface area contributed by atoms with Crippen molar-refractivity contribution >= 4 is 34.7 Å². The normalized spacial score (nSPS) is 26.0. The van der Waals surface area contributed by atoms with E-state index in [1.807, 2.05) is 54.6 Å². The van der Waals surface area contributed by atoms with Gasteiger partial charge in [0.25, 0.3) is 0 Å². The number of carbonyl (C=O) groups excluding carboxylic acids is 3. The van der Waals surface area contributed by atoms with E-state index >= 15 is 0 Å². The van der Waals surface area contributed by atoms with Crippen LogP contribution in [-0.4, -0.2) is 17.6 Å². The van der Waals surface area contributed by atoms with Gasteiger partial charge in [-0.2, -0.15) is 10.2 Å². The highest BCUT2D eigenvalue weighted by atomic mass is 16.2. The van der Waals surface area contributed by atoms with Crippen molar-refractivity contribution < 1.29 is 14.4 Å². The van der Waals surface area contributed by atoms with Crippen LogP contribution in [0.3, 0.4) is 0 Å². The van der Waals surface area contributed by atoms with Crippen LogP contribution in [-0.2, 0) is 14.4 Å². The number of fused-ring (bicyclic) bond motifs is 1. The molecule has 1 aliphatic heterocycles. The maximum Gasteiger partial charge on any atom is 0.238 e. The van der Waals surface area contributed by atoms with E-state index in [9.17, 15) is 14.4 Å². The molecule has 0 radical (unpaired) electrons. The van der Waals surface area contributed by atoms with Crippen molar-refractivity contribution in [2.45, 2.75) is 18.3 Å². The van der Waals surface area contributed by atoms with Crippen LogP contribution in [0, 0.1) is 11.8 Å². The highest BCUT2D eigenvalue weighted by Gasteiger charge is 2.62. The number of hydrogen-bond acceptors (Lipinski definition) is 5. The molecule has 3 aromatic carbocycles. The van der Waals surface area contributed by atoms with E-state index in [0.29, 0.717) is 17.8 Å². The van der Waals surface area contributed by atoms with Crippen LogP contribution in [0.4, 0.5) is 17.1 Å². The topological polar surface area (TPSA) is 79.2 Å². The largest absolute Gasteiger partial charge is 0.299 e. The molecule has 0 aromatic heterocycles. The molecule has 0 spiro atoms. The number of carbonyl (C=O) groups is 3. The number of benzene rings is 3. The van der Waals surface area contributed by atoms with E-state index < -0.39 is 17.8 Å². The molecular formula is C26H19N3O3. The molecule has 6 heteroatoms. The number of anilines is 1. The van der Waals surface area contributed by atoms with Gasteiger partial charge in [0.1, 0.15) is 5.78 Å². The van der Waals surface area contributed by atoms with E-state index in [4.69, 9.17) is 0 Å². The Morgan fingerprint density at radius 3 is 1.97 bits per heavy atom. The lowest BCUT2D eigenvalue weighted by molar-refractivity contribution is -0.134. The summed E-state index contributed by atoms with van der Waals surface area (Å²) < 4.78 is 0. The maximum atomic E-state index is 13.4. The number of Topliss-reactive ketones (excluding diaryl/α,β-unsaturated/α-hetero) is 1. The summed E-state index contributed by atoms with van der Waals surface area (Å²) >= 11 is 0. The Labute approximate surface area is 184 Å². The van der Waals surface area contributed by atoms with Crippen molar-refractivity contribution in [2.24, 2.45) is 22.1 Å². The first-order chi connectivity index (χ1) is 15.6. The Bertz CT molecular complexity index is 1280. The molecule has 2 bridgehead atoms. The van der Waals surface area contributed by atoms with Gasteiger partial charge in [-0.25, -0.2) is 0 Å². The standard InChI is InChI=1S/C26H19N3O3/c30-21-14-20-18-8-4-5-9-19(18)22(21)24-23(20)25(31)29(26(24)32)17-12-10-16(11-13-17)28-27-15-6-2-1-3-7-15/h1-13,20,22-24H,14H2/t20-,22+,23+,24+/m1/s1. The van der Waals surface area contributed by atoms with Crippen molar-refractivity contribution in [3.05, 3.63) is 90.0 Å². The van der Waals surface area contributed by atoms with Gasteiger partial charge in [-0.05, 0) is 47.5 Å². The average molecular weight is 421 g/mol. The second kappa shape index (κ2) is 7.05. The van der Waals surface area contributed by atoms with Crippen LogP contribution in [0.5, 0.6) is 0 Å². The zero-order valence-electron chi connectivity index (χ0n) is 17.1. The van der Waals surface area contributed by atoms with Crippen LogP contribution in [0.25, 0.3) is 0 Å². The molecule has 2 amide bonds. The molecule has 1 heterocycles. The van der Waals surface area contributed by atoms with Crippen molar-refractivity contribution in [2.75, 3.05) is 4.90 Å². The summed E-state index contributed by atoms with van der Waals surface area (Å²) in [6.45, 7) is 0. The molecule has 0 N–H and O–H groups in total. The summed E-state index contributed by atoms with van der Waals surface area (Å²) in [5, 5.41) is 8.41. The molecule has 1 saturated heterocycles. The molecule has 0 unspecified atom stereocenters. The van der Waals surface area contributed by atoms with Gasteiger partial charge in [-0.3, -0.25) is 19.3 Å². The monoisotopic (exact) mass is 421 g/mol. The van der Waals surface area contributed by atoms with Crippen LogP contribution in [0.2, 0.25) is 0 Å². The molecule has 7 rings (SSSR count). The smallest absolute Gasteiger partial charge is 0.238 e. The minimum atomic E-state index is -0.610. The third-order valence-corrected chi connectivity index (χ3v) is 6.83. The van der Waals surface area contributed by atoms with Crippen LogP contribution >= 0.6 is 0 Å². The molecule has 4 atom stereocenters. The van der Waals surface area contributed by atoms with Gasteiger partial charge < -0.3 is 0 Å². The predicted octanol–water partition coefficient (Wildman–Crippen LogP) is 5.06. The molecule has 6 nitrogen and oxygen atoms in total. The Balaban J connectivity index is 1.31. The lowest BCUT2D eigenvalue weighted by Crippen LogP contribution is -2.44. The molecule has 1 saturated carbocycles. The molecule has 3 aliphatic carbocycles. The lowest BCUT2D eigenvalue weighted by Gasteiger charge is -2.43. The van der Waals surface area contributed by atoms with Gasteiger partial charge >= 0.3 is 0 Å². The van der Waals surface area contributed by atoms with Crippen LogP contribution in [0.1, 0.15) is 29.4 Å². The summed E-state index contributed by atoms with van der Waals surface area (Å²) in [7, 11) is 0. The Morgan fingerprint density at radius 1 is 0.656 bits per heavy atom. The van der Waals surface area contributed by atoms with E-state index in [0.717, 1.165) is 16.8 Å². The summed E-state index contributed by atoms with van der Waals surface area (Å²) in [4.78, 5) is 40.9. The average Bonchev–Trinajstić information content (AvgIpc) is 3.10. The summed E-state index contributed by atoms with van der Waals surface area (Å²) in [5.41, 5.74) is 3.82. The zero-order chi connectivity index (χ0) is 21.8. The van der Waals surface area contributed by atoms with Gasteiger partial charge in [-0.15, -0.1) is 0 Å². The zero-order valence-corrected chi connectivity index (χ0v) is 17.1. The Kier molecular flexibility index (Phi) is 4.15. The summed E-state index contributed by atoms with van der Waals surface area (Å²) in [6.07, 6.45) is 0.328. The van der Waals surface area contributed by atoms with E-state index in [1.54, 1.807) is 24.3 Å². The van der Waals surface area contributed by atoms with E-state index in [-0.39, 0.29) is 23.5 Å². The number of amides is 2. The Hall–Kier alpha value is -3.93. The highest BCUT2D eigenvalue weighted by molar-refractivity contribution is 6.24. The molecule has 3 aromatic rings. The number of ketones is 1. The third kappa shape index (κ3) is 2.69. The van der Waals surface area contributed by atoms with Crippen molar-refractivity contribution in [1.82, 2.24) is 0 Å². The predicted molar refractivity (Wildman–Crippen MR) is 118 cm³/mol. The maximum absolute atomic E-state index is 13.4. The fourth-order valence-electron chi connectivity index (χ4n) is 5.49. The molecular weight excluding hydrogens is 402 g/mol. The second-order valence-electron chi connectivity index (χ2n) is 8.50. The number of hydrogen-bond donors (Lipinski definition) is 0. The molecule has 156 valence electrons. The van der Waals surface area contributed by atoms with Crippen molar-refractivity contribution in [3.63, 3.8) is 0 Å². The second-order valence-corrected chi connectivity index (χ2v) is 8.50. The van der Waals surface area contributed by atoms with Gasteiger partial charge in [0.05, 0.1) is 34.8 Å². The fraction of sp³-hybridized carbons (Fsp3) is 0.192. The lowest BCUT2D eigenvalue weighted by atomic mass is 9.56. The Morgan fingerprint density at radius 2 is 1.25 bits per heavy atom. The minimum absolute atomic E-state index is 0.0645. The third-order valence-electron chi connectivity index (χ3n) is 6.83. The molecule has 32 heavy (non-hydrogen) atoms. The number of nitrogens with zero attached hydrogens (tertiary/aromatic N) is 3. The first-order valence-corrected chi connectivity index (χ1v) is 10.7. The number of azo groups is 1. The number of rotatable bonds is 3. The van der Waals surface area contributed by atoms with Gasteiger partial charge in [-0.1, -0.05) is 42.5 Å². The quantitative estimate of drug-likeness (QED) is 0.438. The molecule has 2 fully saturated rings. The van der Waals surface area contributed by atoms with Crippen molar-refractivity contribution in [1.29, 1.82) is 0 Å². The van der Waals surface area contributed by atoms with Crippen LogP contribution in [0.15, 0.2) is 89.1 Å². The first-order valence-electron chi connectivity index (χ1n) is 10.7. The highest BCUT2D eigenvalue weighted by Crippen LogP contribution is 2.57.